The number of hydrogen-bond acceptors (Lipinski definition) is 5. The zero-order valence-corrected chi connectivity index (χ0v) is 19.5. The molecule has 1 spiro atoms. The van der Waals surface area contributed by atoms with Crippen molar-refractivity contribution in [1.82, 2.24) is 0 Å². The zero-order chi connectivity index (χ0) is 22.6. The second kappa shape index (κ2) is 10.4. The summed E-state index contributed by atoms with van der Waals surface area (Å²) in [5.74, 6) is 0.420. The van der Waals surface area contributed by atoms with Crippen LogP contribution in [0.25, 0.3) is 0 Å². The van der Waals surface area contributed by atoms with E-state index in [9.17, 15) is 9.90 Å². The van der Waals surface area contributed by atoms with E-state index in [2.05, 4.69) is 13.8 Å². The van der Waals surface area contributed by atoms with Crippen molar-refractivity contribution in [3.63, 3.8) is 0 Å². The average molecular weight is 443 g/mol. The lowest BCUT2D eigenvalue weighted by Gasteiger charge is -2.28. The van der Waals surface area contributed by atoms with Gasteiger partial charge in [0.25, 0.3) is 0 Å². The Balaban J connectivity index is 1.47. The molecule has 1 N–H and O–H groups in total. The standard InChI is InChI=1S/C27H38O5/c1-3-4-6-9-19(2)12-13-23(28)25-22-18-27(30-14-15-31-27)17-21(22)16-24(25)32-26(29)20-10-7-5-8-11-20/h5,7-8,10-11,13,19,21-22,24-25,28H,3-4,6,9,12,14-18H2,1-2H3/b23-13+/t19?,21-,22+,24-,25+/m1/s1. The largest absolute Gasteiger partial charge is 0.512 e. The van der Waals surface area contributed by atoms with Crippen molar-refractivity contribution in [3.05, 3.63) is 47.7 Å². The summed E-state index contributed by atoms with van der Waals surface area (Å²) in [4.78, 5) is 12.8. The van der Waals surface area contributed by atoms with Crippen LogP contribution in [0.4, 0.5) is 0 Å². The summed E-state index contributed by atoms with van der Waals surface area (Å²) < 4.78 is 17.9. The van der Waals surface area contributed by atoms with Gasteiger partial charge >= 0.3 is 5.97 Å². The minimum atomic E-state index is -0.504. The van der Waals surface area contributed by atoms with Crippen molar-refractivity contribution in [2.75, 3.05) is 13.2 Å². The number of fused-ring (bicyclic) bond motifs is 1. The highest BCUT2D eigenvalue weighted by atomic mass is 16.7. The zero-order valence-electron chi connectivity index (χ0n) is 19.5. The SMILES string of the molecule is CCCCCC(C)C/C=C(/O)[C@@H]1[C@H]2CC3(C[C@H]2C[C@H]1OC(=O)c1ccccc1)OCCO3. The van der Waals surface area contributed by atoms with Crippen LogP contribution in [0.3, 0.4) is 0 Å². The molecule has 0 amide bonds. The molecule has 2 saturated carbocycles. The average Bonchev–Trinajstić information content (AvgIpc) is 3.47. The maximum Gasteiger partial charge on any atom is 0.338 e. The van der Waals surface area contributed by atoms with E-state index in [0.29, 0.717) is 36.4 Å². The van der Waals surface area contributed by atoms with Gasteiger partial charge in [-0.1, -0.05) is 57.7 Å². The van der Waals surface area contributed by atoms with Gasteiger partial charge < -0.3 is 19.3 Å². The van der Waals surface area contributed by atoms with Gasteiger partial charge in [0.05, 0.1) is 30.5 Å². The summed E-state index contributed by atoms with van der Waals surface area (Å²) in [6.07, 6.45) is 9.70. The molecule has 32 heavy (non-hydrogen) atoms. The predicted molar refractivity (Wildman–Crippen MR) is 123 cm³/mol. The first-order chi connectivity index (χ1) is 15.5. The van der Waals surface area contributed by atoms with Crippen LogP contribution in [-0.4, -0.2) is 36.2 Å². The summed E-state index contributed by atoms with van der Waals surface area (Å²) in [7, 11) is 0. The Hall–Kier alpha value is -1.85. The molecule has 1 unspecified atom stereocenters. The predicted octanol–water partition coefficient (Wildman–Crippen LogP) is 6.05. The molecule has 1 heterocycles. The molecule has 1 aromatic rings. The second-order valence-corrected chi connectivity index (χ2v) is 9.98. The van der Waals surface area contributed by atoms with Crippen LogP contribution < -0.4 is 0 Å². The third kappa shape index (κ3) is 5.20. The first-order valence-corrected chi connectivity index (χ1v) is 12.4. The third-order valence-corrected chi connectivity index (χ3v) is 7.58. The van der Waals surface area contributed by atoms with Crippen LogP contribution in [0.5, 0.6) is 0 Å². The van der Waals surface area contributed by atoms with E-state index in [1.165, 1.54) is 25.7 Å². The number of aliphatic hydroxyl groups excluding tert-OH is 1. The van der Waals surface area contributed by atoms with Gasteiger partial charge in [-0.2, -0.15) is 0 Å². The quantitative estimate of drug-likeness (QED) is 0.286. The fourth-order valence-electron chi connectivity index (χ4n) is 5.92. The van der Waals surface area contributed by atoms with Crippen LogP contribution >= 0.6 is 0 Å². The Bertz CT molecular complexity index is 782. The molecular formula is C27H38O5. The number of unbranched alkanes of at least 4 members (excludes halogenated alkanes) is 2. The fourth-order valence-corrected chi connectivity index (χ4v) is 5.92. The first kappa shape index (κ1) is 23.3. The number of hydrogen-bond donors (Lipinski definition) is 1. The molecule has 0 radical (unpaired) electrons. The van der Waals surface area contributed by atoms with Gasteiger partial charge in [0.15, 0.2) is 5.79 Å². The summed E-state index contributed by atoms with van der Waals surface area (Å²) in [5.41, 5.74) is 0.551. The number of benzene rings is 1. The van der Waals surface area contributed by atoms with Crippen LogP contribution in [0.1, 0.15) is 75.6 Å². The minimum absolute atomic E-state index is 0.192. The van der Waals surface area contributed by atoms with E-state index in [-0.39, 0.29) is 23.9 Å². The topological polar surface area (TPSA) is 65.0 Å². The third-order valence-electron chi connectivity index (χ3n) is 7.58. The fraction of sp³-hybridized carbons (Fsp3) is 0.667. The molecule has 5 heteroatoms. The molecule has 2 aliphatic carbocycles. The summed E-state index contributed by atoms with van der Waals surface area (Å²) in [6, 6.07) is 9.11. The van der Waals surface area contributed by atoms with Crippen LogP contribution in [0.2, 0.25) is 0 Å². The van der Waals surface area contributed by atoms with E-state index >= 15 is 0 Å². The number of aliphatic hydroxyl groups is 1. The Morgan fingerprint density at radius 1 is 1.22 bits per heavy atom. The van der Waals surface area contributed by atoms with Gasteiger partial charge in [-0.25, -0.2) is 4.79 Å². The molecule has 4 rings (SSSR count). The van der Waals surface area contributed by atoms with E-state index in [1.54, 1.807) is 12.1 Å². The molecule has 3 fully saturated rings. The molecule has 1 saturated heterocycles. The lowest BCUT2D eigenvalue weighted by molar-refractivity contribution is -0.158. The number of carbonyl (C=O) groups excluding carboxylic acids is 1. The highest BCUT2D eigenvalue weighted by Crippen LogP contribution is 2.56. The first-order valence-electron chi connectivity index (χ1n) is 12.4. The lowest BCUT2D eigenvalue weighted by Crippen LogP contribution is -2.32. The molecule has 3 aliphatic rings. The molecule has 5 nitrogen and oxygen atoms in total. The molecule has 0 aromatic heterocycles. The number of rotatable bonds is 9. The van der Waals surface area contributed by atoms with Crippen molar-refractivity contribution in [3.8, 4) is 0 Å². The van der Waals surface area contributed by atoms with E-state index in [0.717, 1.165) is 25.7 Å². The minimum Gasteiger partial charge on any atom is -0.512 e. The number of allylic oxidation sites excluding steroid dienone is 1. The van der Waals surface area contributed by atoms with E-state index in [1.807, 2.05) is 24.3 Å². The van der Waals surface area contributed by atoms with Gasteiger partial charge in [0.1, 0.15) is 6.10 Å². The van der Waals surface area contributed by atoms with Crippen LogP contribution in [0, 0.1) is 23.7 Å². The summed E-state index contributed by atoms with van der Waals surface area (Å²) >= 11 is 0. The van der Waals surface area contributed by atoms with Gasteiger partial charge in [-0.3, -0.25) is 0 Å². The van der Waals surface area contributed by atoms with Gasteiger partial charge in [-0.05, 0) is 48.8 Å². The Morgan fingerprint density at radius 3 is 2.69 bits per heavy atom. The van der Waals surface area contributed by atoms with Gasteiger partial charge in [0, 0.05) is 12.8 Å². The summed E-state index contributed by atoms with van der Waals surface area (Å²) in [6.45, 7) is 5.73. The van der Waals surface area contributed by atoms with E-state index in [4.69, 9.17) is 14.2 Å². The Morgan fingerprint density at radius 2 is 1.97 bits per heavy atom. The molecule has 1 aromatic carbocycles. The molecule has 0 bridgehead atoms. The monoisotopic (exact) mass is 442 g/mol. The maximum atomic E-state index is 12.8. The van der Waals surface area contributed by atoms with Crippen LogP contribution in [0.15, 0.2) is 42.2 Å². The number of ether oxygens (including phenoxy) is 3. The van der Waals surface area contributed by atoms with Gasteiger partial charge in [-0.15, -0.1) is 0 Å². The van der Waals surface area contributed by atoms with Crippen molar-refractivity contribution in [2.45, 2.75) is 77.1 Å². The number of esters is 1. The molecule has 1 aliphatic heterocycles. The molecular weight excluding hydrogens is 404 g/mol. The lowest BCUT2D eigenvalue weighted by atomic mass is 9.88. The van der Waals surface area contributed by atoms with Crippen LogP contribution in [-0.2, 0) is 14.2 Å². The Kier molecular flexibility index (Phi) is 7.57. The maximum absolute atomic E-state index is 12.8. The van der Waals surface area contributed by atoms with Crippen molar-refractivity contribution < 1.29 is 24.1 Å². The van der Waals surface area contributed by atoms with Gasteiger partial charge in [0.2, 0.25) is 0 Å². The van der Waals surface area contributed by atoms with E-state index < -0.39 is 5.79 Å². The van der Waals surface area contributed by atoms with Crippen molar-refractivity contribution in [2.24, 2.45) is 23.7 Å². The van der Waals surface area contributed by atoms with Crippen molar-refractivity contribution >= 4 is 5.97 Å². The van der Waals surface area contributed by atoms with Crippen molar-refractivity contribution in [1.29, 1.82) is 0 Å². The number of carbonyl (C=O) groups is 1. The second-order valence-electron chi connectivity index (χ2n) is 9.98. The molecule has 176 valence electrons. The Labute approximate surface area is 192 Å². The smallest absolute Gasteiger partial charge is 0.338 e. The molecule has 5 atom stereocenters. The highest BCUT2D eigenvalue weighted by molar-refractivity contribution is 5.89. The summed E-state index contributed by atoms with van der Waals surface area (Å²) in [5, 5.41) is 11.2. The highest BCUT2D eigenvalue weighted by Gasteiger charge is 2.58. The normalized spacial score (nSPS) is 29.9.